The average molecular weight is 267 g/mol. The van der Waals surface area contributed by atoms with Gasteiger partial charge in [-0.1, -0.05) is 50.1 Å². The van der Waals surface area contributed by atoms with E-state index < -0.39 is 21.3 Å². The lowest BCUT2D eigenvalue weighted by atomic mass is 9.94. The van der Waals surface area contributed by atoms with E-state index in [-0.39, 0.29) is 0 Å². The first-order chi connectivity index (χ1) is 8.50. The maximum absolute atomic E-state index is 11.4. The number of nitrogens with zero attached hydrogens (tertiary/aromatic N) is 1. The van der Waals surface area contributed by atoms with Crippen LogP contribution in [0.1, 0.15) is 37.7 Å². The molecule has 0 spiro atoms. The van der Waals surface area contributed by atoms with Crippen molar-refractivity contribution in [2.45, 2.75) is 37.4 Å². The molecule has 2 unspecified atom stereocenters. The van der Waals surface area contributed by atoms with Crippen molar-refractivity contribution in [3.05, 3.63) is 35.9 Å². The lowest BCUT2D eigenvalue weighted by molar-refractivity contribution is 0.451. The van der Waals surface area contributed by atoms with Crippen molar-refractivity contribution in [3.63, 3.8) is 0 Å². The van der Waals surface area contributed by atoms with E-state index in [4.69, 9.17) is 0 Å². The molecule has 0 radical (unpaired) electrons. The van der Waals surface area contributed by atoms with E-state index in [1.165, 1.54) is 0 Å². The second kappa shape index (κ2) is 6.53. The normalized spacial score (nSPS) is 14.7. The summed E-state index contributed by atoms with van der Waals surface area (Å²) in [6, 6.07) is 10.7. The van der Waals surface area contributed by atoms with Crippen LogP contribution in [-0.2, 0) is 10.1 Å². The third-order valence-electron chi connectivity index (χ3n) is 2.89. The van der Waals surface area contributed by atoms with Gasteiger partial charge in [0.1, 0.15) is 5.25 Å². The minimum atomic E-state index is -4.22. The van der Waals surface area contributed by atoms with Gasteiger partial charge >= 0.3 is 0 Å². The molecule has 4 nitrogen and oxygen atoms in total. The lowest BCUT2D eigenvalue weighted by Gasteiger charge is -2.19. The van der Waals surface area contributed by atoms with Crippen LogP contribution in [0.4, 0.5) is 0 Å². The molecule has 0 aliphatic rings. The molecule has 2 atom stereocenters. The summed E-state index contributed by atoms with van der Waals surface area (Å²) in [5, 5.41) is 8.14. The van der Waals surface area contributed by atoms with Gasteiger partial charge in [0, 0.05) is 0 Å². The molecular weight excluding hydrogens is 250 g/mol. The smallest absolute Gasteiger partial charge is 0.269 e. The maximum Gasteiger partial charge on any atom is 0.269 e. The zero-order chi connectivity index (χ0) is 13.6. The molecule has 0 aliphatic carbocycles. The monoisotopic (exact) mass is 267 g/mol. The number of hydrogen-bond acceptors (Lipinski definition) is 3. The molecule has 1 rings (SSSR count). The van der Waals surface area contributed by atoms with Gasteiger partial charge in [-0.3, -0.25) is 4.55 Å². The zero-order valence-electron chi connectivity index (χ0n) is 10.3. The minimum absolute atomic E-state index is 0.294. The molecule has 0 saturated heterocycles. The average Bonchev–Trinajstić information content (AvgIpc) is 2.34. The SMILES string of the molecule is CCCCC(C(C#N)c1ccccc1)S(=O)(=O)O. The number of nitriles is 1. The molecule has 1 N–H and O–H groups in total. The Morgan fingerprint density at radius 1 is 1.33 bits per heavy atom. The first-order valence-corrected chi connectivity index (χ1v) is 7.42. The molecular formula is C13H17NO3S. The molecule has 0 aliphatic heterocycles. The Morgan fingerprint density at radius 2 is 1.94 bits per heavy atom. The van der Waals surface area contributed by atoms with Gasteiger partial charge < -0.3 is 0 Å². The van der Waals surface area contributed by atoms with Crippen LogP contribution in [0.15, 0.2) is 30.3 Å². The van der Waals surface area contributed by atoms with E-state index in [2.05, 4.69) is 0 Å². The van der Waals surface area contributed by atoms with Crippen molar-refractivity contribution in [3.8, 4) is 6.07 Å². The fourth-order valence-corrected chi connectivity index (χ4v) is 2.95. The Labute approximate surface area is 108 Å². The van der Waals surface area contributed by atoms with Crippen molar-refractivity contribution in [1.29, 1.82) is 5.26 Å². The molecule has 0 heterocycles. The highest BCUT2D eigenvalue weighted by Gasteiger charge is 2.32. The standard InChI is InChI=1S/C13H17NO3S/c1-2-3-9-13(18(15,16)17)12(10-14)11-7-5-4-6-8-11/h4-8,12-13H,2-3,9H2,1H3,(H,15,16,17). The number of hydrogen-bond donors (Lipinski definition) is 1. The second-order valence-corrected chi connectivity index (χ2v) is 5.85. The summed E-state index contributed by atoms with van der Waals surface area (Å²) in [4.78, 5) is 0. The van der Waals surface area contributed by atoms with Crippen molar-refractivity contribution < 1.29 is 13.0 Å². The largest absolute Gasteiger partial charge is 0.285 e. The lowest BCUT2D eigenvalue weighted by Crippen LogP contribution is -2.27. The van der Waals surface area contributed by atoms with Crippen LogP contribution < -0.4 is 0 Å². The zero-order valence-corrected chi connectivity index (χ0v) is 11.1. The van der Waals surface area contributed by atoms with Gasteiger partial charge in [0.05, 0.1) is 12.0 Å². The maximum atomic E-state index is 11.4. The summed E-state index contributed by atoms with van der Waals surface area (Å²) in [6.07, 6.45) is 1.77. The predicted octanol–water partition coefficient (Wildman–Crippen LogP) is 2.74. The minimum Gasteiger partial charge on any atom is -0.285 e. The first kappa shape index (κ1) is 14.7. The second-order valence-electron chi connectivity index (χ2n) is 4.21. The van der Waals surface area contributed by atoms with Gasteiger partial charge in [-0.2, -0.15) is 13.7 Å². The van der Waals surface area contributed by atoms with Crippen molar-refractivity contribution in [2.24, 2.45) is 0 Å². The summed E-state index contributed by atoms with van der Waals surface area (Å²) in [6.45, 7) is 1.94. The third-order valence-corrected chi connectivity index (χ3v) is 4.17. The molecule has 18 heavy (non-hydrogen) atoms. The molecule has 5 heteroatoms. The summed E-state index contributed by atoms with van der Waals surface area (Å²) in [5.74, 6) is -0.826. The highest BCUT2D eigenvalue weighted by molar-refractivity contribution is 7.86. The topological polar surface area (TPSA) is 78.2 Å². The first-order valence-electron chi connectivity index (χ1n) is 5.91. The number of unbranched alkanes of at least 4 members (excludes halogenated alkanes) is 1. The van der Waals surface area contributed by atoms with Crippen molar-refractivity contribution in [2.75, 3.05) is 0 Å². The molecule has 1 aromatic rings. The van der Waals surface area contributed by atoms with Crippen LogP contribution in [0.3, 0.4) is 0 Å². The Bertz CT molecular complexity index is 505. The van der Waals surface area contributed by atoms with E-state index >= 15 is 0 Å². The summed E-state index contributed by atoms with van der Waals surface area (Å²) in [7, 11) is -4.22. The van der Waals surface area contributed by atoms with Crippen LogP contribution in [0.25, 0.3) is 0 Å². The molecule has 0 fully saturated rings. The van der Waals surface area contributed by atoms with Gasteiger partial charge in [0.2, 0.25) is 0 Å². The summed E-state index contributed by atoms with van der Waals surface area (Å²) < 4.78 is 32.1. The number of benzene rings is 1. The van der Waals surface area contributed by atoms with Crippen LogP contribution in [0.5, 0.6) is 0 Å². The Kier molecular flexibility index (Phi) is 5.32. The van der Waals surface area contributed by atoms with Gasteiger partial charge in [0.15, 0.2) is 0 Å². The number of rotatable bonds is 6. The third kappa shape index (κ3) is 3.83. The molecule has 0 saturated carbocycles. The fourth-order valence-electron chi connectivity index (χ4n) is 1.93. The van der Waals surface area contributed by atoms with Crippen molar-refractivity contribution >= 4 is 10.1 Å². The Morgan fingerprint density at radius 3 is 2.39 bits per heavy atom. The molecule has 0 aromatic heterocycles. The molecule has 0 bridgehead atoms. The summed E-state index contributed by atoms with van der Waals surface area (Å²) >= 11 is 0. The van der Waals surface area contributed by atoms with Crippen LogP contribution in [-0.4, -0.2) is 18.2 Å². The van der Waals surface area contributed by atoms with Crippen LogP contribution in [0.2, 0.25) is 0 Å². The highest BCUT2D eigenvalue weighted by atomic mass is 32.2. The van der Waals surface area contributed by atoms with E-state index in [9.17, 15) is 18.2 Å². The predicted molar refractivity (Wildman–Crippen MR) is 69.7 cm³/mol. The highest BCUT2D eigenvalue weighted by Crippen LogP contribution is 2.27. The Balaban J connectivity index is 3.07. The van der Waals surface area contributed by atoms with Gasteiger partial charge in [-0.15, -0.1) is 0 Å². The van der Waals surface area contributed by atoms with Gasteiger partial charge in [-0.05, 0) is 12.0 Å². The van der Waals surface area contributed by atoms with E-state index in [0.717, 1.165) is 6.42 Å². The van der Waals surface area contributed by atoms with Crippen LogP contribution in [0, 0.1) is 11.3 Å². The molecule has 0 amide bonds. The summed E-state index contributed by atoms with van der Waals surface area (Å²) in [5.41, 5.74) is 0.624. The quantitative estimate of drug-likeness (QED) is 0.804. The van der Waals surface area contributed by atoms with Gasteiger partial charge in [-0.25, -0.2) is 0 Å². The van der Waals surface area contributed by atoms with Crippen molar-refractivity contribution in [1.82, 2.24) is 0 Å². The fraction of sp³-hybridized carbons (Fsp3) is 0.462. The van der Waals surface area contributed by atoms with Crippen LogP contribution >= 0.6 is 0 Å². The van der Waals surface area contributed by atoms with E-state index in [0.29, 0.717) is 18.4 Å². The molecule has 98 valence electrons. The molecule has 1 aromatic carbocycles. The van der Waals surface area contributed by atoms with Gasteiger partial charge in [0.25, 0.3) is 10.1 Å². The Hall–Kier alpha value is -1.38. The van der Waals surface area contributed by atoms with E-state index in [1.54, 1.807) is 30.3 Å². The van der Waals surface area contributed by atoms with E-state index in [1.807, 2.05) is 13.0 Å².